The van der Waals surface area contributed by atoms with Gasteiger partial charge in [-0.1, -0.05) is 30.3 Å². The van der Waals surface area contributed by atoms with Gasteiger partial charge in [0, 0.05) is 24.9 Å². The van der Waals surface area contributed by atoms with Gasteiger partial charge in [0.15, 0.2) is 0 Å². The van der Waals surface area contributed by atoms with Gasteiger partial charge in [0.1, 0.15) is 0 Å². The summed E-state index contributed by atoms with van der Waals surface area (Å²) >= 11 is 0. The fraction of sp³-hybridized carbons (Fsp3) is 0.500. The van der Waals surface area contributed by atoms with Gasteiger partial charge >= 0.3 is 12.4 Å². The molecule has 0 radical (unpaired) electrons. The van der Waals surface area contributed by atoms with E-state index in [-0.39, 0.29) is 29.4 Å². The molecular weight excluding hydrogens is 486 g/mol. The molecule has 36 heavy (non-hydrogen) atoms. The molecule has 2 saturated heterocycles. The third kappa shape index (κ3) is 6.39. The molecule has 0 aromatic heterocycles. The van der Waals surface area contributed by atoms with Crippen LogP contribution in [0.5, 0.6) is 0 Å². The Bertz CT molecular complexity index is 1000. The fourth-order valence-electron chi connectivity index (χ4n) is 4.98. The van der Waals surface area contributed by atoms with Gasteiger partial charge in [0.25, 0.3) is 0 Å². The molecule has 196 valence electrons. The molecule has 1 N–H and O–H groups in total. The lowest BCUT2D eigenvalue weighted by atomic mass is 9.86. The van der Waals surface area contributed by atoms with Gasteiger partial charge in [0.2, 0.25) is 5.91 Å². The minimum absolute atomic E-state index is 0.0500. The van der Waals surface area contributed by atoms with E-state index in [0.717, 1.165) is 31.5 Å². The Morgan fingerprint density at radius 1 is 0.917 bits per heavy atom. The molecule has 2 aliphatic rings. The maximum atomic E-state index is 13.2. The predicted molar refractivity (Wildman–Crippen MR) is 121 cm³/mol. The van der Waals surface area contributed by atoms with Gasteiger partial charge in [0.05, 0.1) is 23.8 Å². The van der Waals surface area contributed by atoms with E-state index in [0.29, 0.717) is 31.6 Å². The fourth-order valence-corrected chi connectivity index (χ4v) is 4.98. The zero-order valence-corrected chi connectivity index (χ0v) is 19.5. The smallest absolute Gasteiger partial charge is 0.373 e. The molecule has 2 aromatic carbocycles. The number of nitrogens with one attached hydrogen (secondary N) is 1. The second-order valence-electron chi connectivity index (χ2n) is 9.38. The summed E-state index contributed by atoms with van der Waals surface area (Å²) in [5.74, 6) is -0.215. The van der Waals surface area contributed by atoms with Crippen molar-refractivity contribution in [3.8, 4) is 0 Å². The van der Waals surface area contributed by atoms with Crippen molar-refractivity contribution in [2.45, 2.75) is 50.2 Å². The third-order valence-corrected chi connectivity index (χ3v) is 6.89. The van der Waals surface area contributed by atoms with Crippen LogP contribution in [-0.2, 0) is 28.5 Å². The maximum absolute atomic E-state index is 13.2. The summed E-state index contributed by atoms with van der Waals surface area (Å²) < 4.78 is 85.4. The summed E-state index contributed by atoms with van der Waals surface area (Å²) in [6, 6.07) is 10.8. The highest BCUT2D eigenvalue weighted by Crippen LogP contribution is 2.37. The van der Waals surface area contributed by atoms with Crippen LogP contribution in [-0.4, -0.2) is 43.1 Å². The van der Waals surface area contributed by atoms with Crippen molar-refractivity contribution >= 4 is 5.91 Å². The van der Waals surface area contributed by atoms with Crippen LogP contribution in [0.1, 0.15) is 47.4 Å². The number of likely N-dealkylation sites (tertiary alicyclic amines) is 1. The monoisotopic (exact) mass is 514 g/mol. The number of piperidine rings is 2. The van der Waals surface area contributed by atoms with Gasteiger partial charge < -0.3 is 15.0 Å². The molecule has 2 fully saturated rings. The second-order valence-corrected chi connectivity index (χ2v) is 9.38. The van der Waals surface area contributed by atoms with Crippen molar-refractivity contribution in [3.05, 3.63) is 70.8 Å². The first-order valence-corrected chi connectivity index (χ1v) is 12.0. The Morgan fingerprint density at radius 2 is 1.53 bits per heavy atom. The Labute approximate surface area is 205 Å². The van der Waals surface area contributed by atoms with Gasteiger partial charge in [-0.25, -0.2) is 0 Å². The molecule has 2 aromatic rings. The summed E-state index contributed by atoms with van der Waals surface area (Å²) in [4.78, 5) is 14.9. The molecular formula is C26H28F6N2O2. The van der Waals surface area contributed by atoms with E-state index in [1.807, 2.05) is 35.2 Å². The molecule has 0 saturated carbocycles. The average molecular weight is 515 g/mol. The summed E-state index contributed by atoms with van der Waals surface area (Å²) in [6.45, 7) is 1.98. The van der Waals surface area contributed by atoms with E-state index in [9.17, 15) is 31.1 Å². The Balaban J connectivity index is 1.52. The molecule has 2 heterocycles. The van der Waals surface area contributed by atoms with Crippen LogP contribution in [0.4, 0.5) is 26.3 Å². The van der Waals surface area contributed by atoms with Crippen molar-refractivity contribution < 1.29 is 35.9 Å². The summed E-state index contributed by atoms with van der Waals surface area (Å²) in [6.07, 6.45) is -8.33. The predicted octanol–water partition coefficient (Wildman–Crippen LogP) is 5.63. The Hall–Kier alpha value is -2.59. The van der Waals surface area contributed by atoms with Crippen molar-refractivity contribution in [1.29, 1.82) is 0 Å². The van der Waals surface area contributed by atoms with E-state index in [2.05, 4.69) is 5.32 Å². The SMILES string of the molecule is O=C(C1CCNCC1)N1CCC(OCc2cc(C(F)(F)F)cc(C(F)(F)F)c2)C(c2ccccc2)C1. The van der Waals surface area contributed by atoms with Crippen LogP contribution in [0.25, 0.3) is 0 Å². The minimum atomic E-state index is -4.91. The highest BCUT2D eigenvalue weighted by molar-refractivity contribution is 5.79. The van der Waals surface area contributed by atoms with Gasteiger partial charge in [-0.05, 0) is 61.7 Å². The van der Waals surface area contributed by atoms with Crippen molar-refractivity contribution in [1.82, 2.24) is 10.2 Å². The van der Waals surface area contributed by atoms with Gasteiger partial charge in [-0.15, -0.1) is 0 Å². The molecule has 0 spiro atoms. The number of hydrogen-bond donors (Lipinski definition) is 1. The lowest BCUT2D eigenvalue weighted by Crippen LogP contribution is -2.49. The van der Waals surface area contributed by atoms with Crippen LogP contribution in [0.15, 0.2) is 48.5 Å². The number of rotatable bonds is 5. The lowest BCUT2D eigenvalue weighted by Gasteiger charge is -2.40. The first-order chi connectivity index (χ1) is 17.0. The summed E-state index contributed by atoms with van der Waals surface area (Å²) in [5, 5.41) is 3.24. The topological polar surface area (TPSA) is 41.6 Å². The number of halogens is 6. The molecule has 2 unspecified atom stereocenters. The summed E-state index contributed by atoms with van der Waals surface area (Å²) in [7, 11) is 0. The van der Waals surface area contributed by atoms with Crippen LogP contribution < -0.4 is 5.32 Å². The molecule has 10 heteroatoms. The largest absolute Gasteiger partial charge is 0.416 e. The van der Waals surface area contributed by atoms with Gasteiger partial charge in [-0.3, -0.25) is 4.79 Å². The average Bonchev–Trinajstić information content (AvgIpc) is 2.87. The van der Waals surface area contributed by atoms with E-state index in [1.54, 1.807) is 0 Å². The van der Waals surface area contributed by atoms with Crippen LogP contribution in [0.2, 0.25) is 0 Å². The van der Waals surface area contributed by atoms with Crippen molar-refractivity contribution in [3.63, 3.8) is 0 Å². The summed E-state index contributed by atoms with van der Waals surface area (Å²) in [5.41, 5.74) is -2.02. The number of nitrogens with zero attached hydrogens (tertiary/aromatic N) is 1. The first kappa shape index (κ1) is 26.5. The highest BCUT2D eigenvalue weighted by Gasteiger charge is 2.38. The lowest BCUT2D eigenvalue weighted by molar-refractivity contribution is -0.143. The molecule has 4 nitrogen and oxygen atoms in total. The minimum Gasteiger partial charge on any atom is -0.373 e. The van der Waals surface area contributed by atoms with Crippen molar-refractivity contribution in [2.75, 3.05) is 26.2 Å². The maximum Gasteiger partial charge on any atom is 0.416 e. The zero-order chi connectivity index (χ0) is 25.9. The third-order valence-electron chi connectivity index (χ3n) is 6.89. The molecule has 0 bridgehead atoms. The number of hydrogen-bond acceptors (Lipinski definition) is 3. The number of carbonyl (C=O) groups excluding carboxylic acids is 1. The normalized spacial score (nSPS) is 22.0. The number of ether oxygens (including phenoxy) is 1. The number of amides is 1. The number of carbonyl (C=O) groups is 1. The zero-order valence-electron chi connectivity index (χ0n) is 19.5. The van der Waals surface area contributed by atoms with Crippen molar-refractivity contribution in [2.24, 2.45) is 5.92 Å². The molecule has 2 atom stereocenters. The second kappa shape index (κ2) is 10.8. The van der Waals surface area contributed by atoms with E-state index in [1.165, 1.54) is 0 Å². The molecule has 1 amide bonds. The van der Waals surface area contributed by atoms with Crippen LogP contribution in [0, 0.1) is 5.92 Å². The number of alkyl halides is 6. The van der Waals surface area contributed by atoms with E-state index in [4.69, 9.17) is 4.74 Å². The first-order valence-electron chi connectivity index (χ1n) is 12.0. The van der Waals surface area contributed by atoms with E-state index < -0.39 is 36.2 Å². The standard InChI is InChI=1S/C26H28F6N2O2/c27-25(28,29)20-12-17(13-21(14-20)26(30,31)32)16-36-23-8-11-34(24(35)19-6-9-33-10-7-19)15-22(23)18-4-2-1-3-5-18/h1-5,12-14,19,22-23,33H,6-11,15-16H2. The Kier molecular flexibility index (Phi) is 7.94. The Morgan fingerprint density at radius 3 is 2.11 bits per heavy atom. The van der Waals surface area contributed by atoms with Gasteiger partial charge in [-0.2, -0.15) is 26.3 Å². The van der Waals surface area contributed by atoms with Crippen LogP contribution in [0.3, 0.4) is 0 Å². The molecule has 4 rings (SSSR count). The number of benzene rings is 2. The molecule has 2 aliphatic heterocycles. The quantitative estimate of drug-likeness (QED) is 0.527. The highest BCUT2D eigenvalue weighted by atomic mass is 19.4. The van der Waals surface area contributed by atoms with E-state index >= 15 is 0 Å². The molecule has 0 aliphatic carbocycles. The van der Waals surface area contributed by atoms with Crippen LogP contribution >= 0.6 is 0 Å².